The molecule has 6 rings (SSSR count). The number of hydrogen-bond acceptors (Lipinski definition) is 6. The van der Waals surface area contributed by atoms with Crippen LogP contribution in [0.1, 0.15) is 44.1 Å². The zero-order valence-corrected chi connectivity index (χ0v) is 22.3. The SMILES string of the molecule is CC12C(=O)N(c3ccccc3)C(=O)C1CC1C(=CCC3C(=O)N(CCCC(=O)O)C(=O)C31)C2c1cccc(F)c1O. The molecule has 0 spiro atoms. The van der Waals surface area contributed by atoms with Gasteiger partial charge < -0.3 is 10.2 Å². The van der Waals surface area contributed by atoms with E-state index in [1.165, 1.54) is 12.1 Å². The van der Waals surface area contributed by atoms with Crippen LogP contribution in [-0.4, -0.2) is 51.3 Å². The number of para-hydroxylation sites is 2. The van der Waals surface area contributed by atoms with Gasteiger partial charge in [0, 0.05) is 24.4 Å². The average Bonchev–Trinajstić information content (AvgIpc) is 3.30. The van der Waals surface area contributed by atoms with Crippen molar-refractivity contribution in [3.05, 3.63) is 71.6 Å². The summed E-state index contributed by atoms with van der Waals surface area (Å²) >= 11 is 0. The highest BCUT2D eigenvalue weighted by Gasteiger charge is 2.67. The Morgan fingerprint density at radius 2 is 1.73 bits per heavy atom. The first kappa shape index (κ1) is 26.9. The predicted octanol–water partition coefficient (Wildman–Crippen LogP) is 3.63. The van der Waals surface area contributed by atoms with Crippen molar-refractivity contribution in [2.24, 2.45) is 29.1 Å². The highest BCUT2D eigenvalue weighted by Crippen LogP contribution is 2.64. The maximum Gasteiger partial charge on any atom is 0.303 e. The lowest BCUT2D eigenvalue weighted by molar-refractivity contribution is -0.142. The molecule has 10 heteroatoms. The number of phenols is 1. The minimum atomic E-state index is -1.39. The molecule has 0 radical (unpaired) electrons. The highest BCUT2D eigenvalue weighted by molar-refractivity contribution is 6.24. The van der Waals surface area contributed by atoms with Crippen LogP contribution >= 0.6 is 0 Å². The molecule has 2 N–H and O–H groups in total. The number of carbonyl (C=O) groups excluding carboxylic acids is 4. The smallest absolute Gasteiger partial charge is 0.303 e. The number of likely N-dealkylation sites (tertiary alicyclic amines) is 1. The molecular weight excluding hydrogens is 531 g/mol. The Morgan fingerprint density at radius 3 is 2.44 bits per heavy atom. The summed E-state index contributed by atoms with van der Waals surface area (Å²) in [6.45, 7) is 1.65. The van der Waals surface area contributed by atoms with Gasteiger partial charge in [0.2, 0.25) is 23.6 Å². The van der Waals surface area contributed by atoms with Crippen LogP contribution in [0.3, 0.4) is 0 Å². The third-order valence-corrected chi connectivity index (χ3v) is 9.48. The van der Waals surface area contributed by atoms with Gasteiger partial charge in [-0.3, -0.25) is 28.9 Å². The number of carbonyl (C=O) groups is 5. The fourth-order valence-electron chi connectivity index (χ4n) is 7.62. The summed E-state index contributed by atoms with van der Waals surface area (Å²) in [5, 5.41) is 19.9. The van der Waals surface area contributed by atoms with Gasteiger partial charge in [-0.25, -0.2) is 9.29 Å². The van der Waals surface area contributed by atoms with Crippen LogP contribution < -0.4 is 4.90 Å². The molecule has 2 aliphatic carbocycles. The van der Waals surface area contributed by atoms with Gasteiger partial charge in [0.05, 0.1) is 28.9 Å². The summed E-state index contributed by atoms with van der Waals surface area (Å²) in [5.41, 5.74) is -0.208. The van der Waals surface area contributed by atoms with Crippen LogP contribution in [0.4, 0.5) is 10.1 Å². The van der Waals surface area contributed by atoms with E-state index < -0.39 is 70.3 Å². The van der Waals surface area contributed by atoms with Crippen LogP contribution in [-0.2, 0) is 24.0 Å². The molecule has 4 amide bonds. The van der Waals surface area contributed by atoms with Crippen LogP contribution in [0, 0.1) is 34.9 Å². The molecule has 0 aromatic heterocycles. The lowest BCUT2D eigenvalue weighted by Gasteiger charge is -2.49. The fraction of sp³-hybridized carbons (Fsp3) is 0.387. The molecule has 212 valence electrons. The Bertz CT molecular complexity index is 1520. The van der Waals surface area contributed by atoms with E-state index in [9.17, 15) is 33.5 Å². The number of rotatable bonds is 6. The van der Waals surface area contributed by atoms with Crippen molar-refractivity contribution in [3.8, 4) is 5.75 Å². The number of carboxylic acids is 1. The van der Waals surface area contributed by atoms with Crippen molar-refractivity contribution in [3.63, 3.8) is 0 Å². The Labute approximate surface area is 235 Å². The van der Waals surface area contributed by atoms with Crippen molar-refractivity contribution >= 4 is 35.3 Å². The molecule has 3 fully saturated rings. The zero-order chi connectivity index (χ0) is 29.2. The Morgan fingerprint density at radius 1 is 1.00 bits per heavy atom. The molecule has 41 heavy (non-hydrogen) atoms. The quantitative estimate of drug-likeness (QED) is 0.407. The number of fused-ring (bicyclic) bond motifs is 4. The third-order valence-electron chi connectivity index (χ3n) is 9.48. The number of benzene rings is 2. The second-order valence-corrected chi connectivity index (χ2v) is 11.5. The summed E-state index contributed by atoms with van der Waals surface area (Å²) < 4.78 is 14.7. The molecule has 4 aliphatic rings. The largest absolute Gasteiger partial charge is 0.505 e. The number of nitrogens with zero attached hydrogens (tertiary/aromatic N) is 2. The first-order valence-electron chi connectivity index (χ1n) is 13.7. The van der Waals surface area contributed by atoms with E-state index >= 15 is 0 Å². The average molecular weight is 561 g/mol. The Kier molecular flexibility index (Phi) is 6.32. The highest BCUT2D eigenvalue weighted by atomic mass is 19.1. The van der Waals surface area contributed by atoms with Gasteiger partial charge in [0.15, 0.2) is 11.6 Å². The lowest BCUT2D eigenvalue weighted by Crippen LogP contribution is -2.49. The summed E-state index contributed by atoms with van der Waals surface area (Å²) in [6, 6.07) is 12.6. The second-order valence-electron chi connectivity index (χ2n) is 11.5. The van der Waals surface area contributed by atoms with E-state index in [1.54, 1.807) is 37.3 Å². The van der Waals surface area contributed by atoms with Gasteiger partial charge in [0.1, 0.15) is 0 Å². The molecule has 6 unspecified atom stereocenters. The summed E-state index contributed by atoms with van der Waals surface area (Å²) in [7, 11) is 0. The molecule has 1 saturated carbocycles. The van der Waals surface area contributed by atoms with Crippen LogP contribution in [0.5, 0.6) is 5.75 Å². The van der Waals surface area contributed by atoms with Crippen molar-refractivity contribution in [1.82, 2.24) is 4.90 Å². The number of imide groups is 2. The number of amides is 4. The predicted molar refractivity (Wildman–Crippen MR) is 143 cm³/mol. The van der Waals surface area contributed by atoms with Crippen molar-refractivity contribution in [2.45, 2.75) is 38.5 Å². The van der Waals surface area contributed by atoms with E-state index in [0.29, 0.717) is 11.3 Å². The molecule has 0 bridgehead atoms. The number of phenolic OH excluding ortho intramolecular Hbond substituents is 1. The van der Waals surface area contributed by atoms with Gasteiger partial charge >= 0.3 is 5.97 Å². The van der Waals surface area contributed by atoms with E-state index in [4.69, 9.17) is 5.11 Å². The van der Waals surface area contributed by atoms with Gasteiger partial charge in [-0.2, -0.15) is 0 Å². The first-order valence-corrected chi connectivity index (χ1v) is 13.7. The molecule has 2 aromatic rings. The van der Waals surface area contributed by atoms with Crippen LogP contribution in [0.2, 0.25) is 0 Å². The molecule has 9 nitrogen and oxygen atoms in total. The number of aromatic hydroxyl groups is 1. The summed E-state index contributed by atoms with van der Waals surface area (Å²) in [6.07, 6.45) is 2.08. The molecule has 6 atom stereocenters. The first-order chi connectivity index (χ1) is 19.6. The Hall–Kier alpha value is -4.34. The number of carboxylic acid groups (broad SMARTS) is 1. The van der Waals surface area contributed by atoms with Gasteiger partial charge in [-0.15, -0.1) is 0 Å². The van der Waals surface area contributed by atoms with Gasteiger partial charge in [-0.05, 0) is 50.3 Å². The lowest BCUT2D eigenvalue weighted by atomic mass is 9.51. The molecule has 2 aliphatic heterocycles. The van der Waals surface area contributed by atoms with E-state index in [-0.39, 0.29) is 43.7 Å². The summed E-state index contributed by atoms with van der Waals surface area (Å²) in [5.74, 6) is -8.13. The standard InChI is InChI=1S/C31H29FN2O7/c1-31-21(28(39)34(30(31)41)16-7-3-2-4-8-16)15-20-17(25(31)19-9-5-10-22(32)26(19)37)12-13-18-24(20)29(40)33(27(18)38)14-6-11-23(35)36/h2-5,7-10,12,18,20-21,24-25,37H,6,11,13-15H2,1H3,(H,35,36). The maximum absolute atomic E-state index is 14.7. The van der Waals surface area contributed by atoms with E-state index in [1.807, 2.05) is 6.08 Å². The Balaban J connectivity index is 1.46. The topological polar surface area (TPSA) is 132 Å². The second kappa shape index (κ2) is 9.64. The molecule has 2 heterocycles. The van der Waals surface area contributed by atoms with Gasteiger partial charge in [-0.1, -0.05) is 42.0 Å². The number of anilines is 1. The minimum Gasteiger partial charge on any atom is -0.505 e. The normalized spacial score (nSPS) is 30.7. The monoisotopic (exact) mass is 560 g/mol. The fourth-order valence-corrected chi connectivity index (χ4v) is 7.62. The van der Waals surface area contributed by atoms with Gasteiger partial charge in [0.25, 0.3) is 0 Å². The zero-order valence-electron chi connectivity index (χ0n) is 22.3. The number of halogens is 1. The molecule has 2 saturated heterocycles. The van der Waals surface area contributed by atoms with E-state index in [2.05, 4.69) is 0 Å². The van der Waals surface area contributed by atoms with Crippen LogP contribution in [0.25, 0.3) is 0 Å². The summed E-state index contributed by atoms with van der Waals surface area (Å²) in [4.78, 5) is 68.5. The minimum absolute atomic E-state index is 0.0204. The number of hydrogen-bond donors (Lipinski definition) is 2. The van der Waals surface area contributed by atoms with Crippen molar-refractivity contribution < 1.29 is 38.6 Å². The van der Waals surface area contributed by atoms with Crippen LogP contribution in [0.15, 0.2) is 60.2 Å². The van der Waals surface area contributed by atoms with E-state index in [0.717, 1.165) is 15.9 Å². The molecular formula is C31H29FN2O7. The molecule has 2 aromatic carbocycles. The number of allylic oxidation sites excluding steroid dienone is 2. The maximum atomic E-state index is 14.7. The third kappa shape index (κ3) is 3.83. The number of aliphatic carboxylic acids is 1. The van der Waals surface area contributed by atoms with Crippen molar-refractivity contribution in [1.29, 1.82) is 0 Å². The van der Waals surface area contributed by atoms with Crippen molar-refractivity contribution in [2.75, 3.05) is 11.4 Å².